The van der Waals surface area contributed by atoms with Gasteiger partial charge >= 0.3 is 0 Å². The molecule has 2 heteroatoms. The zero-order chi connectivity index (χ0) is 8.39. The molecule has 0 spiro atoms. The summed E-state index contributed by atoms with van der Waals surface area (Å²) in [6.45, 7) is 2.34. The monoisotopic (exact) mass is 166 g/mol. The number of rotatable bonds is 2. The Morgan fingerprint density at radius 2 is 1.83 bits per heavy atom. The zero-order valence-electron chi connectivity index (χ0n) is 7.84. The van der Waals surface area contributed by atoms with E-state index in [2.05, 4.69) is 17.5 Å². The Morgan fingerprint density at radius 1 is 1.17 bits per heavy atom. The maximum absolute atomic E-state index is 4.45. The lowest BCUT2D eigenvalue weighted by atomic mass is 9.90. The van der Waals surface area contributed by atoms with Crippen molar-refractivity contribution in [3.8, 4) is 0 Å². The molecule has 0 aliphatic heterocycles. The number of nitrogens with zero attached hydrogens (tertiary/aromatic N) is 1. The molecule has 0 atom stereocenters. The van der Waals surface area contributed by atoms with Crippen LogP contribution in [0.25, 0.3) is 0 Å². The largest absolute Gasteiger partial charge is 0.307 e. The smallest absolute Gasteiger partial charge is 0.0441 e. The van der Waals surface area contributed by atoms with Crippen LogP contribution in [0, 0.1) is 5.92 Å². The van der Waals surface area contributed by atoms with Gasteiger partial charge in [-0.15, -0.1) is 0 Å². The molecule has 2 nitrogen and oxygen atoms in total. The van der Waals surface area contributed by atoms with Crippen LogP contribution in [0.2, 0.25) is 0 Å². The van der Waals surface area contributed by atoms with E-state index in [0.717, 1.165) is 12.0 Å². The van der Waals surface area contributed by atoms with Crippen molar-refractivity contribution >= 4 is 5.71 Å². The van der Waals surface area contributed by atoms with Crippen LogP contribution in [0.15, 0.2) is 5.10 Å². The second-order valence-electron chi connectivity index (χ2n) is 4.26. The van der Waals surface area contributed by atoms with Gasteiger partial charge in [0.15, 0.2) is 0 Å². The van der Waals surface area contributed by atoms with Gasteiger partial charge in [0.1, 0.15) is 0 Å². The molecule has 0 aromatic carbocycles. The lowest BCUT2D eigenvalue weighted by Gasteiger charge is -2.18. The van der Waals surface area contributed by atoms with Gasteiger partial charge in [0, 0.05) is 11.8 Å². The van der Waals surface area contributed by atoms with Crippen molar-refractivity contribution in [1.29, 1.82) is 0 Å². The van der Waals surface area contributed by atoms with E-state index in [1.807, 2.05) is 0 Å². The van der Waals surface area contributed by atoms with E-state index >= 15 is 0 Å². The standard InChI is InChI=1S/C10H18N2/c1-8-2-4-9(5-3-8)11-12-10-6-7-10/h8,10,12H,2-7H2,1H3. The number of nitrogens with one attached hydrogen (secondary N) is 1. The Bertz CT molecular complexity index is 172. The van der Waals surface area contributed by atoms with E-state index in [1.165, 1.54) is 44.2 Å². The van der Waals surface area contributed by atoms with E-state index in [1.54, 1.807) is 0 Å². The molecule has 2 rings (SSSR count). The third-order valence-corrected chi connectivity index (χ3v) is 2.83. The van der Waals surface area contributed by atoms with Crippen LogP contribution in [-0.2, 0) is 0 Å². The molecule has 0 radical (unpaired) electrons. The molecule has 1 N–H and O–H groups in total. The summed E-state index contributed by atoms with van der Waals surface area (Å²) in [6.07, 6.45) is 7.78. The van der Waals surface area contributed by atoms with Gasteiger partial charge in [0.25, 0.3) is 0 Å². The van der Waals surface area contributed by atoms with Crippen molar-refractivity contribution < 1.29 is 0 Å². The Morgan fingerprint density at radius 3 is 2.42 bits per heavy atom. The maximum Gasteiger partial charge on any atom is 0.0441 e. The second-order valence-corrected chi connectivity index (χ2v) is 4.26. The number of hydrogen-bond donors (Lipinski definition) is 1. The average Bonchev–Trinajstić information content (AvgIpc) is 2.87. The Hall–Kier alpha value is -0.530. The lowest BCUT2D eigenvalue weighted by Crippen LogP contribution is -2.17. The van der Waals surface area contributed by atoms with Crippen molar-refractivity contribution in [3.63, 3.8) is 0 Å². The summed E-state index contributed by atoms with van der Waals surface area (Å²) in [6, 6.07) is 0.719. The van der Waals surface area contributed by atoms with Crippen molar-refractivity contribution in [2.75, 3.05) is 0 Å². The SMILES string of the molecule is CC1CCC(=NNC2CC2)CC1. The molecule has 0 unspecified atom stereocenters. The van der Waals surface area contributed by atoms with Crippen LogP contribution in [-0.4, -0.2) is 11.8 Å². The van der Waals surface area contributed by atoms with Gasteiger partial charge in [0.05, 0.1) is 0 Å². The summed E-state index contributed by atoms with van der Waals surface area (Å²) in [5.41, 5.74) is 4.63. The molecule has 2 aliphatic rings. The first-order valence-corrected chi connectivity index (χ1v) is 5.15. The zero-order valence-corrected chi connectivity index (χ0v) is 7.84. The molecule has 0 amide bonds. The van der Waals surface area contributed by atoms with Crippen LogP contribution in [0.5, 0.6) is 0 Å². The first kappa shape index (κ1) is 8.09. The minimum absolute atomic E-state index is 0.719. The molecule has 0 aromatic heterocycles. The summed E-state index contributed by atoms with van der Waals surface area (Å²) in [5, 5.41) is 4.45. The maximum atomic E-state index is 4.45. The van der Waals surface area contributed by atoms with Gasteiger partial charge in [-0.05, 0) is 44.4 Å². The molecule has 0 bridgehead atoms. The first-order chi connectivity index (χ1) is 5.84. The van der Waals surface area contributed by atoms with Gasteiger partial charge in [-0.25, -0.2) is 0 Å². The normalized spacial score (nSPS) is 30.1. The summed E-state index contributed by atoms with van der Waals surface area (Å²) < 4.78 is 0. The summed E-state index contributed by atoms with van der Waals surface area (Å²) >= 11 is 0. The minimum Gasteiger partial charge on any atom is -0.307 e. The lowest BCUT2D eigenvalue weighted by molar-refractivity contribution is 0.480. The minimum atomic E-state index is 0.719. The van der Waals surface area contributed by atoms with Crippen molar-refractivity contribution in [1.82, 2.24) is 5.43 Å². The third kappa shape index (κ3) is 2.23. The van der Waals surface area contributed by atoms with E-state index < -0.39 is 0 Å². The molecule has 2 fully saturated rings. The second kappa shape index (κ2) is 3.46. The predicted molar refractivity (Wildman–Crippen MR) is 51.2 cm³/mol. The first-order valence-electron chi connectivity index (χ1n) is 5.15. The van der Waals surface area contributed by atoms with Crippen LogP contribution in [0.1, 0.15) is 45.4 Å². The van der Waals surface area contributed by atoms with E-state index in [-0.39, 0.29) is 0 Å². The fourth-order valence-electron chi connectivity index (χ4n) is 1.60. The predicted octanol–water partition coefficient (Wildman–Crippen LogP) is 2.30. The van der Waals surface area contributed by atoms with E-state index in [0.29, 0.717) is 0 Å². The number of hydrazone groups is 1. The Balaban J connectivity index is 1.75. The van der Waals surface area contributed by atoms with E-state index in [4.69, 9.17) is 0 Å². The van der Waals surface area contributed by atoms with Crippen LogP contribution in [0.3, 0.4) is 0 Å². The Kier molecular flexibility index (Phi) is 2.33. The van der Waals surface area contributed by atoms with Gasteiger partial charge in [-0.3, -0.25) is 0 Å². The molecule has 0 heterocycles. The fraction of sp³-hybridized carbons (Fsp3) is 0.900. The molecule has 0 aromatic rings. The van der Waals surface area contributed by atoms with Crippen LogP contribution >= 0.6 is 0 Å². The highest BCUT2D eigenvalue weighted by molar-refractivity contribution is 5.84. The molecule has 12 heavy (non-hydrogen) atoms. The van der Waals surface area contributed by atoms with Crippen LogP contribution in [0.4, 0.5) is 0 Å². The third-order valence-electron chi connectivity index (χ3n) is 2.83. The van der Waals surface area contributed by atoms with Crippen molar-refractivity contribution in [2.24, 2.45) is 11.0 Å². The van der Waals surface area contributed by atoms with Gasteiger partial charge in [-0.1, -0.05) is 6.92 Å². The quantitative estimate of drug-likeness (QED) is 0.625. The van der Waals surface area contributed by atoms with Gasteiger partial charge in [0.2, 0.25) is 0 Å². The summed E-state index contributed by atoms with van der Waals surface area (Å²) in [5.74, 6) is 0.921. The van der Waals surface area contributed by atoms with Crippen molar-refractivity contribution in [3.05, 3.63) is 0 Å². The molecular weight excluding hydrogens is 148 g/mol. The van der Waals surface area contributed by atoms with Gasteiger partial charge in [-0.2, -0.15) is 5.10 Å². The highest BCUT2D eigenvalue weighted by Crippen LogP contribution is 2.22. The Labute approximate surface area is 74.4 Å². The molecular formula is C10H18N2. The number of hydrogen-bond acceptors (Lipinski definition) is 2. The fourth-order valence-corrected chi connectivity index (χ4v) is 1.60. The highest BCUT2D eigenvalue weighted by atomic mass is 15.3. The molecule has 68 valence electrons. The molecule has 0 saturated heterocycles. The summed E-state index contributed by atoms with van der Waals surface area (Å²) in [4.78, 5) is 0. The average molecular weight is 166 g/mol. The molecule has 2 aliphatic carbocycles. The molecule has 2 saturated carbocycles. The van der Waals surface area contributed by atoms with E-state index in [9.17, 15) is 0 Å². The van der Waals surface area contributed by atoms with Crippen LogP contribution < -0.4 is 5.43 Å². The van der Waals surface area contributed by atoms with Gasteiger partial charge < -0.3 is 5.43 Å². The highest BCUT2D eigenvalue weighted by Gasteiger charge is 2.21. The summed E-state index contributed by atoms with van der Waals surface area (Å²) in [7, 11) is 0. The topological polar surface area (TPSA) is 24.4 Å². The van der Waals surface area contributed by atoms with Crippen molar-refractivity contribution in [2.45, 2.75) is 51.5 Å².